The SMILES string of the molecule is CC(C)(Cc1c[nH]c2c(-c3ccc(C(=O)O)cc3)cccc12)NC[C@H](O)COc1ccccc1-c1cccs1. The second-order valence-corrected chi connectivity index (χ2v) is 11.3. The van der Waals surface area contributed by atoms with Gasteiger partial charge in [-0.05, 0) is 67.1 Å². The van der Waals surface area contributed by atoms with E-state index in [-0.39, 0.29) is 17.7 Å². The first-order valence-corrected chi connectivity index (χ1v) is 13.8. The summed E-state index contributed by atoms with van der Waals surface area (Å²) in [6, 6.07) is 25.1. The van der Waals surface area contributed by atoms with Gasteiger partial charge in [0.1, 0.15) is 18.5 Å². The molecule has 0 fully saturated rings. The standard InChI is InChI=1S/C32H32N2O4S/c1-32(2,34-19-24(35)20-38-28-10-4-3-7-27(28)29-11-6-16-39-29)17-23-18-33-30-25(8-5-9-26(23)30)21-12-14-22(15-13-21)31(36)37/h3-16,18,24,33-35H,17,19-20H2,1-2H3,(H,36,37)/t24-/m0/s1. The summed E-state index contributed by atoms with van der Waals surface area (Å²) >= 11 is 1.66. The predicted molar refractivity (Wildman–Crippen MR) is 158 cm³/mol. The summed E-state index contributed by atoms with van der Waals surface area (Å²) in [4.78, 5) is 15.8. The van der Waals surface area contributed by atoms with Gasteiger partial charge in [-0.3, -0.25) is 0 Å². The fourth-order valence-electron chi connectivity index (χ4n) is 4.80. The number of hydrogen-bond acceptors (Lipinski definition) is 5. The van der Waals surface area contributed by atoms with Gasteiger partial charge in [-0.25, -0.2) is 4.79 Å². The number of aliphatic hydroxyl groups excluding tert-OH is 1. The third-order valence-electron chi connectivity index (χ3n) is 6.80. The van der Waals surface area contributed by atoms with E-state index < -0.39 is 12.1 Å². The molecule has 0 radical (unpaired) electrons. The molecule has 0 saturated heterocycles. The van der Waals surface area contributed by atoms with Crippen molar-refractivity contribution >= 4 is 28.2 Å². The van der Waals surface area contributed by atoms with Crippen LogP contribution in [0.4, 0.5) is 0 Å². The maximum absolute atomic E-state index is 11.2. The number of benzene rings is 3. The van der Waals surface area contributed by atoms with Gasteiger partial charge in [0.2, 0.25) is 0 Å². The van der Waals surface area contributed by atoms with E-state index in [9.17, 15) is 15.0 Å². The Morgan fingerprint density at radius 2 is 1.77 bits per heavy atom. The number of fused-ring (bicyclic) bond motifs is 1. The molecule has 2 aromatic heterocycles. The molecule has 7 heteroatoms. The molecule has 0 spiro atoms. The van der Waals surface area contributed by atoms with Crippen LogP contribution in [-0.4, -0.2) is 46.0 Å². The number of aromatic amines is 1. The number of H-pyrrole nitrogens is 1. The van der Waals surface area contributed by atoms with Crippen LogP contribution in [0, 0.1) is 0 Å². The Labute approximate surface area is 231 Å². The van der Waals surface area contributed by atoms with E-state index in [2.05, 4.69) is 36.3 Å². The summed E-state index contributed by atoms with van der Waals surface area (Å²) < 4.78 is 6.01. The molecule has 0 amide bonds. The highest BCUT2D eigenvalue weighted by Gasteiger charge is 2.22. The molecular formula is C32H32N2O4S. The van der Waals surface area contributed by atoms with Gasteiger partial charge in [0.15, 0.2) is 0 Å². The van der Waals surface area contributed by atoms with Crippen molar-refractivity contribution in [3.63, 3.8) is 0 Å². The second-order valence-electron chi connectivity index (χ2n) is 10.3. The van der Waals surface area contributed by atoms with Crippen molar-refractivity contribution < 1.29 is 19.7 Å². The molecule has 0 bridgehead atoms. The number of rotatable bonds is 11. The number of β-amino-alcohol motifs (C(OH)–C–C–N with tert-alkyl or cyclic N) is 1. The maximum Gasteiger partial charge on any atom is 0.335 e. The van der Waals surface area contributed by atoms with Crippen molar-refractivity contribution in [1.82, 2.24) is 10.3 Å². The summed E-state index contributed by atoms with van der Waals surface area (Å²) in [5.74, 6) is -0.165. The van der Waals surface area contributed by atoms with Crippen molar-refractivity contribution in [1.29, 1.82) is 0 Å². The molecule has 0 aliphatic carbocycles. The largest absolute Gasteiger partial charge is 0.490 e. The number of carbonyl (C=O) groups is 1. The van der Waals surface area contributed by atoms with E-state index in [0.29, 0.717) is 6.54 Å². The smallest absolute Gasteiger partial charge is 0.335 e. The number of aromatic carboxylic acids is 1. The zero-order valence-corrected chi connectivity index (χ0v) is 22.8. The number of ether oxygens (including phenoxy) is 1. The monoisotopic (exact) mass is 540 g/mol. The average Bonchev–Trinajstić information content (AvgIpc) is 3.62. The van der Waals surface area contributed by atoms with Gasteiger partial charge in [-0.1, -0.05) is 48.5 Å². The van der Waals surface area contributed by atoms with E-state index in [1.54, 1.807) is 23.5 Å². The number of carboxylic acid groups (broad SMARTS) is 1. The molecule has 0 aliphatic rings. The van der Waals surface area contributed by atoms with Crippen LogP contribution in [0.25, 0.3) is 32.5 Å². The lowest BCUT2D eigenvalue weighted by Crippen LogP contribution is -2.46. The highest BCUT2D eigenvalue weighted by Crippen LogP contribution is 2.33. The van der Waals surface area contributed by atoms with Gasteiger partial charge in [0.25, 0.3) is 0 Å². The number of hydrogen-bond donors (Lipinski definition) is 4. The number of aromatic nitrogens is 1. The quantitative estimate of drug-likeness (QED) is 0.151. The molecule has 39 heavy (non-hydrogen) atoms. The molecule has 6 nitrogen and oxygen atoms in total. The van der Waals surface area contributed by atoms with Crippen LogP contribution in [0.2, 0.25) is 0 Å². The van der Waals surface area contributed by atoms with Crippen LogP contribution in [0.3, 0.4) is 0 Å². The molecule has 1 atom stereocenters. The van der Waals surface area contributed by atoms with Gasteiger partial charge in [0, 0.05) is 39.7 Å². The molecule has 2 heterocycles. The van der Waals surface area contributed by atoms with Gasteiger partial charge in [-0.15, -0.1) is 11.3 Å². The van der Waals surface area contributed by atoms with Crippen LogP contribution in [0.5, 0.6) is 5.75 Å². The number of carboxylic acids is 1. The predicted octanol–water partition coefficient (Wildman–Crippen LogP) is 6.61. The first-order chi connectivity index (χ1) is 18.8. The van der Waals surface area contributed by atoms with E-state index >= 15 is 0 Å². The fourth-order valence-corrected chi connectivity index (χ4v) is 5.55. The zero-order valence-electron chi connectivity index (χ0n) is 22.0. The Kier molecular flexibility index (Phi) is 7.84. The number of thiophene rings is 1. The highest BCUT2D eigenvalue weighted by molar-refractivity contribution is 7.13. The van der Waals surface area contributed by atoms with Gasteiger partial charge >= 0.3 is 5.97 Å². The number of aliphatic hydroxyl groups is 1. The van der Waals surface area contributed by atoms with Crippen LogP contribution in [-0.2, 0) is 6.42 Å². The first-order valence-electron chi connectivity index (χ1n) is 12.9. The fraction of sp³-hybridized carbons (Fsp3) is 0.219. The highest BCUT2D eigenvalue weighted by atomic mass is 32.1. The van der Waals surface area contributed by atoms with Crippen LogP contribution >= 0.6 is 11.3 Å². The number of para-hydroxylation sites is 2. The Hall–Kier alpha value is -3.91. The van der Waals surface area contributed by atoms with Gasteiger partial charge in [-0.2, -0.15) is 0 Å². The molecule has 0 aliphatic heterocycles. The van der Waals surface area contributed by atoms with Crippen LogP contribution in [0.15, 0.2) is 90.4 Å². The van der Waals surface area contributed by atoms with Gasteiger partial charge in [0.05, 0.1) is 11.1 Å². The minimum atomic E-state index is -0.934. The lowest BCUT2D eigenvalue weighted by atomic mass is 9.93. The Morgan fingerprint density at radius 3 is 2.51 bits per heavy atom. The molecule has 3 aromatic carbocycles. The molecule has 4 N–H and O–H groups in total. The topological polar surface area (TPSA) is 94.6 Å². The summed E-state index contributed by atoms with van der Waals surface area (Å²) in [6.45, 7) is 4.85. The maximum atomic E-state index is 11.2. The summed E-state index contributed by atoms with van der Waals surface area (Å²) in [5.41, 5.74) is 5.20. The average molecular weight is 541 g/mol. The lowest BCUT2D eigenvalue weighted by molar-refractivity contribution is 0.0697. The minimum Gasteiger partial charge on any atom is -0.490 e. The van der Waals surface area contributed by atoms with E-state index in [1.165, 1.54) is 5.56 Å². The molecule has 200 valence electrons. The Balaban J connectivity index is 1.22. The lowest BCUT2D eigenvalue weighted by Gasteiger charge is -2.28. The molecule has 5 aromatic rings. The minimum absolute atomic E-state index is 0.197. The molecular weight excluding hydrogens is 508 g/mol. The summed E-state index contributed by atoms with van der Waals surface area (Å²) in [7, 11) is 0. The van der Waals surface area contributed by atoms with E-state index in [1.807, 2.05) is 66.2 Å². The first kappa shape index (κ1) is 26.7. The Morgan fingerprint density at radius 1 is 1.00 bits per heavy atom. The van der Waals surface area contributed by atoms with E-state index in [4.69, 9.17) is 4.74 Å². The third kappa shape index (κ3) is 6.23. The Bertz CT molecular complexity index is 1560. The summed E-state index contributed by atoms with van der Waals surface area (Å²) in [6.07, 6.45) is 2.12. The molecule has 0 unspecified atom stereocenters. The molecule has 5 rings (SSSR count). The van der Waals surface area contributed by atoms with Crippen molar-refractivity contribution in [2.24, 2.45) is 0 Å². The zero-order chi connectivity index (χ0) is 27.4. The van der Waals surface area contributed by atoms with Gasteiger partial charge < -0.3 is 25.3 Å². The van der Waals surface area contributed by atoms with Crippen molar-refractivity contribution in [2.75, 3.05) is 13.2 Å². The number of nitrogens with one attached hydrogen (secondary N) is 2. The second kappa shape index (κ2) is 11.5. The third-order valence-corrected chi connectivity index (χ3v) is 7.70. The van der Waals surface area contributed by atoms with Crippen LogP contribution in [0.1, 0.15) is 29.8 Å². The van der Waals surface area contributed by atoms with Crippen molar-refractivity contribution in [3.05, 3.63) is 102 Å². The van der Waals surface area contributed by atoms with Crippen molar-refractivity contribution in [2.45, 2.75) is 31.9 Å². The normalized spacial score (nSPS) is 12.5. The molecule has 0 saturated carbocycles. The van der Waals surface area contributed by atoms with E-state index in [0.717, 1.165) is 44.6 Å². The van der Waals surface area contributed by atoms with Crippen LogP contribution < -0.4 is 10.1 Å². The van der Waals surface area contributed by atoms with Crippen molar-refractivity contribution in [3.8, 4) is 27.3 Å². The summed E-state index contributed by atoms with van der Waals surface area (Å²) in [5, 5.41) is 26.6.